The van der Waals surface area contributed by atoms with Gasteiger partial charge in [-0.05, 0) is 55.9 Å². The van der Waals surface area contributed by atoms with Crippen LogP contribution in [0.5, 0.6) is 0 Å². The van der Waals surface area contributed by atoms with Crippen LogP contribution in [0.15, 0.2) is 12.2 Å². The fourth-order valence-corrected chi connectivity index (χ4v) is 4.17. The molecule has 0 heterocycles. The van der Waals surface area contributed by atoms with Crippen LogP contribution in [-0.2, 0) is 0 Å². The van der Waals surface area contributed by atoms with Crippen molar-refractivity contribution in [2.75, 3.05) is 6.54 Å². The number of rotatable bonds is 10. The van der Waals surface area contributed by atoms with Crippen LogP contribution in [0.2, 0.25) is 0 Å². The molecule has 0 radical (unpaired) electrons. The maximum absolute atomic E-state index is 5.93. The molecule has 0 amide bonds. The number of hydrogen-bond acceptors (Lipinski definition) is 1. The maximum Gasteiger partial charge on any atom is -0.00743 e. The van der Waals surface area contributed by atoms with Gasteiger partial charge < -0.3 is 5.73 Å². The van der Waals surface area contributed by atoms with Crippen molar-refractivity contribution in [1.82, 2.24) is 0 Å². The Morgan fingerprint density at radius 3 is 1.70 bits per heavy atom. The van der Waals surface area contributed by atoms with Crippen LogP contribution in [0.3, 0.4) is 0 Å². The molecule has 0 saturated carbocycles. The zero-order chi connectivity index (χ0) is 14.8. The van der Waals surface area contributed by atoms with Gasteiger partial charge in [0.15, 0.2) is 0 Å². The summed E-state index contributed by atoms with van der Waals surface area (Å²) in [4.78, 5) is 0. The average Bonchev–Trinajstić information content (AvgIpc) is 2.45. The lowest BCUT2D eigenvalue weighted by Crippen LogP contribution is -2.33. The molecule has 0 bridgehead atoms. The van der Waals surface area contributed by atoms with Gasteiger partial charge in [-0.25, -0.2) is 0 Å². The first kappa shape index (κ1) is 17.8. The van der Waals surface area contributed by atoms with E-state index in [1.807, 2.05) is 0 Å². The number of unbranched alkanes of at least 4 members (excludes halogenated alkanes) is 2. The molecule has 0 saturated heterocycles. The first-order chi connectivity index (χ1) is 9.78. The second kappa shape index (κ2) is 10.4. The zero-order valence-electron chi connectivity index (χ0n) is 14.1. The highest BCUT2D eigenvalue weighted by molar-refractivity contribution is 5.05. The molecule has 1 nitrogen and oxygen atoms in total. The summed E-state index contributed by atoms with van der Waals surface area (Å²) >= 11 is 0. The van der Waals surface area contributed by atoms with Gasteiger partial charge in [0.05, 0.1) is 0 Å². The largest absolute Gasteiger partial charge is 0.330 e. The Hall–Kier alpha value is -0.300. The lowest BCUT2D eigenvalue weighted by molar-refractivity contribution is 0.154. The van der Waals surface area contributed by atoms with Gasteiger partial charge in [-0.3, -0.25) is 0 Å². The molecule has 0 aromatic rings. The van der Waals surface area contributed by atoms with E-state index in [0.29, 0.717) is 0 Å². The molecule has 1 aliphatic carbocycles. The van der Waals surface area contributed by atoms with Crippen LogP contribution in [0.4, 0.5) is 0 Å². The van der Waals surface area contributed by atoms with Crippen LogP contribution in [0, 0.1) is 23.7 Å². The Labute approximate surface area is 127 Å². The van der Waals surface area contributed by atoms with Crippen molar-refractivity contribution in [3.8, 4) is 0 Å². The molecule has 20 heavy (non-hydrogen) atoms. The molecule has 118 valence electrons. The third-order valence-corrected chi connectivity index (χ3v) is 5.14. The molecule has 0 spiro atoms. The number of hydrogen-bond donors (Lipinski definition) is 1. The Morgan fingerprint density at radius 2 is 1.25 bits per heavy atom. The van der Waals surface area contributed by atoms with Gasteiger partial charge in [0.2, 0.25) is 0 Å². The van der Waals surface area contributed by atoms with Gasteiger partial charge >= 0.3 is 0 Å². The van der Waals surface area contributed by atoms with E-state index in [1.165, 1.54) is 57.8 Å². The van der Waals surface area contributed by atoms with E-state index in [0.717, 1.165) is 30.2 Å². The summed E-state index contributed by atoms with van der Waals surface area (Å²) in [5, 5.41) is 0. The van der Waals surface area contributed by atoms with Gasteiger partial charge in [-0.2, -0.15) is 0 Å². The average molecular weight is 280 g/mol. The van der Waals surface area contributed by atoms with Crippen LogP contribution in [-0.4, -0.2) is 6.54 Å². The van der Waals surface area contributed by atoms with Crippen molar-refractivity contribution in [3.05, 3.63) is 12.2 Å². The van der Waals surface area contributed by atoms with Crippen molar-refractivity contribution in [2.45, 2.75) is 78.6 Å². The SMILES string of the molecule is CCCCCC1C(CCC)C=CC(CCC)C1CCN. The number of allylic oxidation sites excluding steroid dienone is 2. The third-order valence-electron chi connectivity index (χ3n) is 5.14. The van der Waals surface area contributed by atoms with Crippen molar-refractivity contribution < 1.29 is 0 Å². The summed E-state index contributed by atoms with van der Waals surface area (Å²) in [6.45, 7) is 7.81. The van der Waals surface area contributed by atoms with E-state index in [4.69, 9.17) is 5.73 Å². The Bertz CT molecular complexity index is 258. The fraction of sp³-hybridized carbons (Fsp3) is 0.895. The molecule has 0 fully saturated rings. The zero-order valence-corrected chi connectivity index (χ0v) is 14.1. The maximum atomic E-state index is 5.93. The van der Waals surface area contributed by atoms with Crippen molar-refractivity contribution >= 4 is 0 Å². The molecule has 0 aliphatic heterocycles. The topological polar surface area (TPSA) is 26.0 Å². The third kappa shape index (κ3) is 5.24. The Balaban J connectivity index is 2.77. The molecule has 1 aliphatic rings. The van der Waals surface area contributed by atoms with Gasteiger partial charge in [-0.15, -0.1) is 0 Å². The smallest absolute Gasteiger partial charge is 0.00743 e. The number of nitrogens with two attached hydrogens (primary N) is 1. The summed E-state index contributed by atoms with van der Waals surface area (Å²) in [7, 11) is 0. The van der Waals surface area contributed by atoms with Crippen molar-refractivity contribution in [3.63, 3.8) is 0 Å². The van der Waals surface area contributed by atoms with Crippen molar-refractivity contribution in [1.29, 1.82) is 0 Å². The van der Waals surface area contributed by atoms with Gasteiger partial charge in [-0.1, -0.05) is 65.0 Å². The molecule has 1 heteroatoms. The van der Waals surface area contributed by atoms with E-state index >= 15 is 0 Å². The molecule has 4 unspecified atom stereocenters. The second-order valence-electron chi connectivity index (χ2n) is 6.69. The molecule has 0 aromatic carbocycles. The molecule has 2 N–H and O–H groups in total. The molecular formula is C19H37N. The fourth-order valence-electron chi connectivity index (χ4n) is 4.17. The Morgan fingerprint density at radius 1 is 0.700 bits per heavy atom. The van der Waals surface area contributed by atoms with E-state index in [-0.39, 0.29) is 0 Å². The predicted octanol–water partition coefficient (Wildman–Crippen LogP) is 5.55. The highest BCUT2D eigenvalue weighted by Gasteiger charge is 2.34. The quantitative estimate of drug-likeness (QED) is 0.412. The lowest BCUT2D eigenvalue weighted by atomic mass is 9.65. The monoisotopic (exact) mass is 279 g/mol. The van der Waals surface area contributed by atoms with E-state index in [2.05, 4.69) is 32.9 Å². The summed E-state index contributed by atoms with van der Waals surface area (Å²) in [5.41, 5.74) is 5.93. The van der Waals surface area contributed by atoms with Crippen LogP contribution in [0.25, 0.3) is 0 Å². The first-order valence-electron chi connectivity index (χ1n) is 9.16. The summed E-state index contributed by atoms with van der Waals surface area (Å²) in [5.74, 6) is 3.36. The highest BCUT2D eigenvalue weighted by Crippen LogP contribution is 2.42. The standard InChI is InChI=1S/C19H37N/c1-4-7-8-11-18-16(9-5-2)12-13-17(10-6-3)19(18)14-15-20/h12-13,16-19H,4-11,14-15,20H2,1-3H3. The van der Waals surface area contributed by atoms with Crippen molar-refractivity contribution in [2.24, 2.45) is 29.4 Å². The summed E-state index contributed by atoms with van der Waals surface area (Å²) in [6, 6.07) is 0. The van der Waals surface area contributed by atoms with Gasteiger partial charge in [0.25, 0.3) is 0 Å². The van der Waals surface area contributed by atoms with Gasteiger partial charge in [0.1, 0.15) is 0 Å². The minimum atomic E-state index is 0.795. The molecule has 4 atom stereocenters. The highest BCUT2D eigenvalue weighted by atomic mass is 14.5. The van der Waals surface area contributed by atoms with Crippen LogP contribution in [0.1, 0.15) is 78.6 Å². The lowest BCUT2D eigenvalue weighted by Gasteiger charge is -2.40. The minimum Gasteiger partial charge on any atom is -0.330 e. The molecular weight excluding hydrogens is 242 g/mol. The van der Waals surface area contributed by atoms with Crippen LogP contribution >= 0.6 is 0 Å². The normalized spacial score (nSPS) is 29.8. The van der Waals surface area contributed by atoms with E-state index in [1.54, 1.807) is 0 Å². The van der Waals surface area contributed by atoms with E-state index < -0.39 is 0 Å². The summed E-state index contributed by atoms with van der Waals surface area (Å²) in [6.07, 6.45) is 17.2. The Kier molecular flexibility index (Phi) is 9.26. The minimum absolute atomic E-state index is 0.795. The first-order valence-corrected chi connectivity index (χ1v) is 9.16. The molecule has 1 rings (SSSR count). The van der Waals surface area contributed by atoms with Crippen LogP contribution < -0.4 is 5.73 Å². The molecule has 0 aromatic heterocycles. The van der Waals surface area contributed by atoms with Gasteiger partial charge in [0, 0.05) is 0 Å². The van der Waals surface area contributed by atoms with E-state index in [9.17, 15) is 0 Å². The second-order valence-corrected chi connectivity index (χ2v) is 6.69. The predicted molar refractivity (Wildman–Crippen MR) is 90.7 cm³/mol. The summed E-state index contributed by atoms with van der Waals surface area (Å²) < 4.78 is 0.